The van der Waals surface area contributed by atoms with Crippen LogP contribution in [0, 0.1) is 0 Å². The minimum absolute atomic E-state index is 0.00606. The van der Waals surface area contributed by atoms with Gasteiger partial charge in [-0.1, -0.05) is 0 Å². The molecule has 0 bridgehead atoms. The number of aromatic nitrogens is 4. The Hall–Kier alpha value is -2.70. The van der Waals surface area contributed by atoms with E-state index < -0.39 is 5.97 Å². The van der Waals surface area contributed by atoms with Gasteiger partial charge in [-0.15, -0.1) is 0 Å². The van der Waals surface area contributed by atoms with E-state index in [2.05, 4.69) is 19.9 Å². The van der Waals surface area contributed by atoms with E-state index in [0.29, 0.717) is 17.3 Å². The van der Waals surface area contributed by atoms with Crippen molar-refractivity contribution < 1.29 is 14.3 Å². The van der Waals surface area contributed by atoms with Gasteiger partial charge in [0.2, 0.25) is 5.71 Å². The Morgan fingerprint density at radius 3 is 2.94 bits per heavy atom. The number of aromatic amines is 1. The third-order valence-corrected chi connectivity index (χ3v) is 2.24. The molecule has 17 heavy (non-hydrogen) atoms. The number of hydrogen-bond acceptors (Lipinski definition) is 5. The molecule has 0 atom stereocenters. The molecule has 0 spiro atoms. The topological polar surface area (TPSA) is 105 Å². The Morgan fingerprint density at radius 1 is 1.35 bits per heavy atom. The Labute approximate surface area is 94.2 Å². The first-order valence-corrected chi connectivity index (χ1v) is 4.72. The van der Waals surface area contributed by atoms with Crippen LogP contribution in [0.1, 0.15) is 10.5 Å². The maximum Gasteiger partial charge on any atom is 0.353 e. The zero-order valence-electron chi connectivity index (χ0n) is 8.41. The van der Waals surface area contributed by atoms with Crippen molar-refractivity contribution in [2.24, 2.45) is 0 Å². The molecule has 0 saturated carbocycles. The quantitative estimate of drug-likeness (QED) is 0.687. The molecular formula is C10H6N4O3. The monoisotopic (exact) mass is 230 g/mol. The van der Waals surface area contributed by atoms with E-state index in [4.69, 9.17) is 9.52 Å². The zero-order chi connectivity index (χ0) is 11.8. The third-order valence-electron chi connectivity index (χ3n) is 2.24. The van der Waals surface area contributed by atoms with Gasteiger partial charge in [0.05, 0.1) is 11.6 Å². The molecule has 3 aromatic rings. The molecular weight excluding hydrogens is 224 g/mol. The van der Waals surface area contributed by atoms with Crippen molar-refractivity contribution in [2.75, 3.05) is 0 Å². The first-order chi connectivity index (χ1) is 8.24. The second-order valence-electron chi connectivity index (χ2n) is 3.34. The summed E-state index contributed by atoms with van der Waals surface area (Å²) in [5.74, 6) is -0.298. The molecule has 0 saturated heterocycles. The van der Waals surface area contributed by atoms with E-state index >= 15 is 0 Å². The second kappa shape index (κ2) is 3.41. The van der Waals surface area contributed by atoms with E-state index in [1.54, 1.807) is 12.3 Å². The average molecular weight is 230 g/mol. The lowest BCUT2D eigenvalue weighted by molar-refractivity contribution is 0.0691. The summed E-state index contributed by atoms with van der Waals surface area (Å²) in [4.78, 5) is 25.0. The second-order valence-corrected chi connectivity index (χ2v) is 3.34. The minimum atomic E-state index is -1.07. The summed E-state index contributed by atoms with van der Waals surface area (Å²) in [5.41, 5.74) is 0.440. The number of nitrogens with zero attached hydrogens (tertiary/aromatic N) is 3. The number of carbonyl (C=O) groups is 1. The molecule has 3 rings (SSSR count). The van der Waals surface area contributed by atoms with Crippen LogP contribution in [-0.4, -0.2) is 31.0 Å². The van der Waals surface area contributed by atoms with Crippen molar-refractivity contribution in [3.63, 3.8) is 0 Å². The number of nitrogens with one attached hydrogen (secondary N) is 1. The molecule has 7 nitrogen and oxygen atoms in total. The van der Waals surface area contributed by atoms with Gasteiger partial charge in [0.15, 0.2) is 11.6 Å². The van der Waals surface area contributed by atoms with Crippen LogP contribution in [-0.2, 0) is 0 Å². The molecule has 0 unspecified atom stereocenters. The number of aromatic carboxylic acids is 1. The van der Waals surface area contributed by atoms with Crippen LogP contribution >= 0.6 is 0 Å². The predicted molar refractivity (Wildman–Crippen MR) is 56.3 cm³/mol. The van der Waals surface area contributed by atoms with Gasteiger partial charge in [0, 0.05) is 6.20 Å². The first-order valence-electron chi connectivity index (χ1n) is 4.72. The maximum absolute atomic E-state index is 10.7. The molecule has 0 aliphatic carbocycles. The fourth-order valence-electron chi connectivity index (χ4n) is 1.46. The first kappa shape index (κ1) is 9.52. The molecule has 0 aliphatic heterocycles. The minimum Gasteiger partial charge on any atom is -0.477 e. The van der Waals surface area contributed by atoms with Gasteiger partial charge in [0.25, 0.3) is 0 Å². The number of carboxylic acid groups (broad SMARTS) is 1. The third kappa shape index (κ3) is 1.53. The summed E-state index contributed by atoms with van der Waals surface area (Å²) in [6.45, 7) is 0. The number of hydrogen-bond donors (Lipinski definition) is 2. The highest BCUT2D eigenvalue weighted by molar-refractivity contribution is 5.86. The van der Waals surface area contributed by atoms with Crippen molar-refractivity contribution in [1.82, 2.24) is 19.9 Å². The summed E-state index contributed by atoms with van der Waals surface area (Å²) in [6.07, 6.45) is 4.22. The molecule has 84 valence electrons. The van der Waals surface area contributed by atoms with E-state index in [1.165, 1.54) is 12.5 Å². The predicted octanol–water partition coefficient (Wildman–Crippen LogP) is 1.31. The standard InChI is InChI=1S/C10H6N4O3/c15-10(16)6-3-12-8(14-6)7-1-5-2-11-4-13-9(5)17-7/h1-4H,(H,12,14)(H,15,16). The lowest BCUT2D eigenvalue weighted by Gasteiger charge is -1.88. The number of rotatable bonds is 2. The Bertz CT molecular complexity index is 667. The van der Waals surface area contributed by atoms with Crippen LogP contribution in [0.15, 0.2) is 29.2 Å². The Morgan fingerprint density at radius 2 is 2.24 bits per heavy atom. The summed E-state index contributed by atoms with van der Waals surface area (Å²) < 4.78 is 5.41. The molecule has 0 aliphatic rings. The lowest BCUT2D eigenvalue weighted by atomic mass is 10.3. The number of furan rings is 1. The maximum atomic E-state index is 10.7. The molecule has 2 N–H and O–H groups in total. The van der Waals surface area contributed by atoms with Crippen LogP contribution in [0.25, 0.3) is 22.7 Å². The fraction of sp³-hybridized carbons (Fsp3) is 0. The van der Waals surface area contributed by atoms with Crippen molar-refractivity contribution in [3.05, 3.63) is 30.5 Å². The lowest BCUT2D eigenvalue weighted by Crippen LogP contribution is -1.95. The van der Waals surface area contributed by atoms with Gasteiger partial charge in [-0.2, -0.15) is 0 Å². The largest absolute Gasteiger partial charge is 0.477 e. The van der Waals surface area contributed by atoms with Crippen LogP contribution in [0.2, 0.25) is 0 Å². The smallest absolute Gasteiger partial charge is 0.353 e. The highest BCUT2D eigenvalue weighted by atomic mass is 16.4. The number of H-pyrrole nitrogens is 1. The van der Waals surface area contributed by atoms with Crippen LogP contribution in [0.5, 0.6) is 0 Å². The van der Waals surface area contributed by atoms with Gasteiger partial charge < -0.3 is 14.5 Å². The summed E-state index contributed by atoms with van der Waals surface area (Å²) in [5, 5.41) is 9.49. The zero-order valence-corrected chi connectivity index (χ0v) is 8.41. The molecule has 0 aromatic carbocycles. The van der Waals surface area contributed by atoms with Gasteiger partial charge in [0.1, 0.15) is 12.0 Å². The normalized spacial score (nSPS) is 10.8. The number of carboxylic acids is 1. The number of fused-ring (bicyclic) bond motifs is 1. The Balaban J connectivity index is 2.10. The molecule has 0 radical (unpaired) electrons. The van der Waals surface area contributed by atoms with E-state index in [9.17, 15) is 4.79 Å². The van der Waals surface area contributed by atoms with Crippen LogP contribution < -0.4 is 0 Å². The van der Waals surface area contributed by atoms with Gasteiger partial charge in [-0.05, 0) is 6.07 Å². The summed E-state index contributed by atoms with van der Waals surface area (Å²) in [6, 6.07) is 1.69. The molecule has 0 fully saturated rings. The van der Waals surface area contributed by atoms with Crippen LogP contribution in [0.4, 0.5) is 0 Å². The number of imidazole rings is 1. The highest BCUT2D eigenvalue weighted by Crippen LogP contribution is 2.23. The van der Waals surface area contributed by atoms with Crippen LogP contribution in [0.3, 0.4) is 0 Å². The highest BCUT2D eigenvalue weighted by Gasteiger charge is 2.13. The molecule has 3 heterocycles. The molecule has 7 heteroatoms. The van der Waals surface area contributed by atoms with E-state index in [-0.39, 0.29) is 5.69 Å². The van der Waals surface area contributed by atoms with Crippen molar-refractivity contribution in [2.45, 2.75) is 0 Å². The van der Waals surface area contributed by atoms with E-state index in [0.717, 1.165) is 5.39 Å². The summed E-state index contributed by atoms with van der Waals surface area (Å²) >= 11 is 0. The van der Waals surface area contributed by atoms with E-state index in [1.807, 2.05) is 0 Å². The van der Waals surface area contributed by atoms with Crippen molar-refractivity contribution in [3.8, 4) is 11.6 Å². The van der Waals surface area contributed by atoms with Gasteiger partial charge in [-0.3, -0.25) is 0 Å². The average Bonchev–Trinajstić information content (AvgIpc) is 2.95. The molecule has 0 amide bonds. The fourth-order valence-corrected chi connectivity index (χ4v) is 1.46. The van der Waals surface area contributed by atoms with Crippen molar-refractivity contribution >= 4 is 17.1 Å². The Kier molecular flexibility index (Phi) is 1.91. The van der Waals surface area contributed by atoms with Gasteiger partial charge >= 0.3 is 5.97 Å². The SMILES string of the molecule is O=C(O)c1cnc(-c2cc3cncnc3o2)[nH]1. The molecule has 3 aromatic heterocycles. The van der Waals surface area contributed by atoms with Crippen molar-refractivity contribution in [1.29, 1.82) is 0 Å². The van der Waals surface area contributed by atoms with Gasteiger partial charge in [-0.25, -0.2) is 19.7 Å². The summed E-state index contributed by atoms with van der Waals surface area (Å²) in [7, 11) is 0.